The lowest BCUT2D eigenvalue weighted by atomic mass is 10.2. The summed E-state index contributed by atoms with van der Waals surface area (Å²) in [4.78, 5) is 24.3. The van der Waals surface area contributed by atoms with Gasteiger partial charge in [-0.05, 0) is 50.2 Å². The van der Waals surface area contributed by atoms with Crippen molar-refractivity contribution in [3.05, 3.63) is 65.9 Å². The first-order chi connectivity index (χ1) is 13.1. The lowest BCUT2D eigenvalue weighted by molar-refractivity contribution is -0.120. The number of amides is 2. The molecule has 1 heterocycles. The monoisotopic (exact) mass is 366 g/mol. The molecule has 1 unspecified atom stereocenters. The Kier molecular flexibility index (Phi) is 5.76. The minimum atomic E-state index is -0.315. The van der Waals surface area contributed by atoms with Crippen molar-refractivity contribution in [2.75, 3.05) is 13.2 Å². The van der Waals surface area contributed by atoms with Crippen molar-refractivity contribution in [2.24, 2.45) is 0 Å². The number of rotatable bonds is 7. The van der Waals surface area contributed by atoms with Gasteiger partial charge >= 0.3 is 0 Å². The summed E-state index contributed by atoms with van der Waals surface area (Å²) in [6, 6.07) is 16.0. The van der Waals surface area contributed by atoms with E-state index in [4.69, 9.17) is 9.15 Å². The molecule has 1 atom stereocenters. The smallest absolute Gasteiger partial charge is 0.251 e. The summed E-state index contributed by atoms with van der Waals surface area (Å²) in [5.41, 5.74) is 1.24. The standard InChI is InChI=1S/C21H22N2O4/c1-3-26-17-10-8-15(9-11-17)21(25)22-13-20(24)23-14(2)19-12-16-6-4-5-7-18(16)27-19/h4-12,14H,3,13H2,1-2H3,(H,22,25)(H,23,24). The molecule has 27 heavy (non-hydrogen) atoms. The Morgan fingerprint density at radius 3 is 2.56 bits per heavy atom. The molecule has 2 N–H and O–H groups in total. The van der Waals surface area contributed by atoms with Crippen LogP contribution in [0.15, 0.2) is 59.0 Å². The quantitative estimate of drug-likeness (QED) is 0.671. The number of fused-ring (bicyclic) bond motifs is 1. The third-order valence-corrected chi connectivity index (χ3v) is 4.09. The van der Waals surface area contributed by atoms with Gasteiger partial charge in [-0.15, -0.1) is 0 Å². The van der Waals surface area contributed by atoms with E-state index in [-0.39, 0.29) is 24.4 Å². The number of hydrogen-bond acceptors (Lipinski definition) is 4. The fraction of sp³-hybridized carbons (Fsp3) is 0.238. The summed E-state index contributed by atoms with van der Waals surface area (Å²) >= 11 is 0. The van der Waals surface area contributed by atoms with Gasteiger partial charge in [0, 0.05) is 10.9 Å². The van der Waals surface area contributed by atoms with Gasteiger partial charge in [-0.3, -0.25) is 9.59 Å². The fourth-order valence-corrected chi connectivity index (χ4v) is 2.71. The van der Waals surface area contributed by atoms with Gasteiger partial charge in [0.1, 0.15) is 17.1 Å². The Hall–Kier alpha value is -3.28. The molecule has 0 saturated carbocycles. The maximum Gasteiger partial charge on any atom is 0.251 e. The Bertz CT molecular complexity index is 898. The number of nitrogens with one attached hydrogen (secondary N) is 2. The first kappa shape index (κ1) is 18.5. The molecule has 6 heteroatoms. The van der Waals surface area contributed by atoms with Crippen LogP contribution in [0, 0.1) is 0 Å². The Balaban J connectivity index is 1.51. The van der Waals surface area contributed by atoms with Gasteiger partial charge in [-0.2, -0.15) is 0 Å². The van der Waals surface area contributed by atoms with Crippen LogP contribution in [0.25, 0.3) is 11.0 Å². The molecule has 3 aromatic rings. The first-order valence-electron chi connectivity index (χ1n) is 8.85. The van der Waals surface area contributed by atoms with Gasteiger partial charge in [0.25, 0.3) is 5.91 Å². The van der Waals surface area contributed by atoms with Crippen LogP contribution in [0.2, 0.25) is 0 Å². The lowest BCUT2D eigenvalue weighted by Crippen LogP contribution is -2.37. The van der Waals surface area contributed by atoms with E-state index in [0.29, 0.717) is 23.7 Å². The number of benzene rings is 2. The van der Waals surface area contributed by atoms with Crippen molar-refractivity contribution >= 4 is 22.8 Å². The van der Waals surface area contributed by atoms with E-state index in [9.17, 15) is 9.59 Å². The van der Waals surface area contributed by atoms with Crippen molar-refractivity contribution in [1.29, 1.82) is 0 Å². The van der Waals surface area contributed by atoms with Crippen molar-refractivity contribution in [3.8, 4) is 5.75 Å². The summed E-state index contributed by atoms with van der Waals surface area (Å²) in [6.45, 7) is 4.18. The highest BCUT2D eigenvalue weighted by atomic mass is 16.5. The molecule has 140 valence electrons. The lowest BCUT2D eigenvalue weighted by Gasteiger charge is -2.12. The van der Waals surface area contributed by atoms with Gasteiger partial charge in [0.15, 0.2) is 0 Å². The highest BCUT2D eigenvalue weighted by molar-refractivity contribution is 5.96. The average molecular weight is 366 g/mol. The molecule has 0 radical (unpaired) electrons. The van der Waals surface area contributed by atoms with Crippen molar-refractivity contribution < 1.29 is 18.7 Å². The highest BCUT2D eigenvalue weighted by Gasteiger charge is 2.15. The molecule has 3 rings (SSSR count). The largest absolute Gasteiger partial charge is 0.494 e. The molecule has 6 nitrogen and oxygen atoms in total. The summed E-state index contributed by atoms with van der Waals surface area (Å²) in [7, 11) is 0. The van der Waals surface area contributed by atoms with Crippen LogP contribution >= 0.6 is 0 Å². The van der Waals surface area contributed by atoms with Crippen LogP contribution in [0.5, 0.6) is 5.75 Å². The zero-order valence-electron chi connectivity index (χ0n) is 15.3. The van der Waals surface area contributed by atoms with Gasteiger partial charge in [0.05, 0.1) is 19.2 Å². The molecule has 0 bridgehead atoms. The van der Waals surface area contributed by atoms with E-state index in [0.717, 1.165) is 11.0 Å². The van der Waals surface area contributed by atoms with E-state index in [1.165, 1.54) is 0 Å². The third-order valence-electron chi connectivity index (χ3n) is 4.09. The van der Waals surface area contributed by atoms with Crippen LogP contribution < -0.4 is 15.4 Å². The first-order valence-corrected chi connectivity index (χ1v) is 8.85. The normalized spacial score (nSPS) is 11.8. The molecule has 0 spiro atoms. The predicted octanol–water partition coefficient (Wildman–Crippen LogP) is 3.44. The summed E-state index contributed by atoms with van der Waals surface area (Å²) < 4.78 is 11.1. The third kappa shape index (κ3) is 4.67. The zero-order chi connectivity index (χ0) is 19.2. The van der Waals surface area contributed by atoms with Gasteiger partial charge in [0.2, 0.25) is 5.91 Å². The second-order valence-electron chi connectivity index (χ2n) is 6.12. The van der Waals surface area contributed by atoms with Crippen LogP contribution in [0.1, 0.15) is 36.0 Å². The van der Waals surface area contributed by atoms with E-state index in [1.807, 2.05) is 44.2 Å². The van der Waals surface area contributed by atoms with Crippen LogP contribution in [0.4, 0.5) is 0 Å². The molecular formula is C21H22N2O4. The van der Waals surface area contributed by atoms with Crippen LogP contribution in [0.3, 0.4) is 0 Å². The average Bonchev–Trinajstić information content (AvgIpc) is 3.11. The molecule has 2 amide bonds. The molecule has 0 saturated heterocycles. The number of furan rings is 1. The Morgan fingerprint density at radius 1 is 1.11 bits per heavy atom. The van der Waals surface area contributed by atoms with Gasteiger partial charge in [-0.25, -0.2) is 0 Å². The minimum Gasteiger partial charge on any atom is -0.494 e. The predicted molar refractivity (Wildman–Crippen MR) is 103 cm³/mol. The van der Waals surface area contributed by atoms with E-state index in [1.54, 1.807) is 24.3 Å². The molecule has 0 aliphatic carbocycles. The highest BCUT2D eigenvalue weighted by Crippen LogP contribution is 2.23. The Labute approximate surface area is 157 Å². The van der Waals surface area contributed by atoms with Crippen molar-refractivity contribution in [2.45, 2.75) is 19.9 Å². The number of carbonyl (C=O) groups is 2. The van der Waals surface area contributed by atoms with Crippen molar-refractivity contribution in [1.82, 2.24) is 10.6 Å². The van der Waals surface area contributed by atoms with Gasteiger partial charge in [-0.1, -0.05) is 18.2 Å². The van der Waals surface area contributed by atoms with E-state index < -0.39 is 0 Å². The van der Waals surface area contributed by atoms with Crippen molar-refractivity contribution in [3.63, 3.8) is 0 Å². The topological polar surface area (TPSA) is 80.6 Å². The second-order valence-corrected chi connectivity index (χ2v) is 6.12. The van der Waals surface area contributed by atoms with E-state index in [2.05, 4.69) is 10.6 Å². The fourth-order valence-electron chi connectivity index (χ4n) is 2.71. The number of carbonyl (C=O) groups excluding carboxylic acids is 2. The molecule has 0 aliphatic heterocycles. The summed E-state index contributed by atoms with van der Waals surface area (Å²) in [5.74, 6) is 0.765. The Morgan fingerprint density at radius 2 is 1.85 bits per heavy atom. The molecule has 0 aliphatic rings. The second kappa shape index (κ2) is 8.40. The minimum absolute atomic E-state index is 0.114. The van der Waals surface area contributed by atoms with Crippen LogP contribution in [-0.2, 0) is 4.79 Å². The molecule has 1 aromatic heterocycles. The maximum absolute atomic E-state index is 12.1. The summed E-state index contributed by atoms with van der Waals surface area (Å²) in [6.07, 6.45) is 0. The summed E-state index contributed by atoms with van der Waals surface area (Å²) in [5, 5.41) is 6.42. The number of para-hydroxylation sites is 1. The number of hydrogen-bond donors (Lipinski definition) is 2. The zero-order valence-corrected chi connectivity index (χ0v) is 15.3. The molecule has 2 aromatic carbocycles. The van der Waals surface area contributed by atoms with E-state index >= 15 is 0 Å². The number of ether oxygens (including phenoxy) is 1. The van der Waals surface area contributed by atoms with Crippen LogP contribution in [-0.4, -0.2) is 25.0 Å². The molecule has 0 fully saturated rings. The van der Waals surface area contributed by atoms with Gasteiger partial charge < -0.3 is 19.8 Å². The SMILES string of the molecule is CCOc1ccc(C(=O)NCC(=O)NC(C)c2cc3ccccc3o2)cc1. The maximum atomic E-state index is 12.1. The molecular weight excluding hydrogens is 344 g/mol.